The first kappa shape index (κ1) is 55.2. The molecule has 8 heavy (non-hydrogen) atoms. The molecule has 0 aromatic heterocycles. The molecule has 8 heteroatoms. The smallest absolute Gasteiger partial charge is 0 e. The molecule has 0 aliphatic rings. The normalized spacial score (nSPS) is 0.875. The molecule has 0 saturated carbocycles. The van der Waals surface area contributed by atoms with Gasteiger partial charge in [-0.15, -0.1) is 0 Å². The zero-order valence-electron chi connectivity index (χ0n) is 3.65. The summed E-state index contributed by atoms with van der Waals surface area (Å²) in [7, 11) is 1.31. The third-order valence-corrected chi connectivity index (χ3v) is 0. The summed E-state index contributed by atoms with van der Waals surface area (Å²) in [6.07, 6.45) is 0. The van der Waals surface area contributed by atoms with Crippen LogP contribution in [0.15, 0.2) is 0 Å². The second-order valence-electron chi connectivity index (χ2n) is 0. The van der Waals surface area contributed by atoms with Crippen molar-refractivity contribution in [3.63, 3.8) is 0 Å². The van der Waals surface area contributed by atoms with Gasteiger partial charge in [-0.1, -0.05) is 0 Å². The van der Waals surface area contributed by atoms with Crippen LogP contribution in [-0.4, -0.2) is 31.2 Å². The van der Waals surface area contributed by atoms with Gasteiger partial charge < -0.3 is 0 Å². The van der Waals surface area contributed by atoms with Crippen LogP contribution in [0.3, 0.4) is 0 Å². The first-order chi connectivity index (χ1) is 1.00. The minimum absolute atomic E-state index is 0. The molecule has 0 aromatic carbocycles. The summed E-state index contributed by atoms with van der Waals surface area (Å²) in [5.74, 6) is 0. The predicted molar refractivity (Wildman–Crippen MR) is 18.5 cm³/mol. The summed E-state index contributed by atoms with van der Waals surface area (Å²) in [5.41, 5.74) is 0. The van der Waals surface area contributed by atoms with Crippen LogP contribution in [0.25, 0.3) is 0 Å². The number of hydrogen-bond acceptors (Lipinski definition) is 0. The Kier molecular flexibility index (Phi) is 438. The molecule has 2 radical (unpaired) electrons. The zero-order chi connectivity index (χ0) is 2.00. The van der Waals surface area contributed by atoms with E-state index in [1.807, 2.05) is 0 Å². The summed E-state index contributed by atoms with van der Waals surface area (Å²) in [4.78, 5) is 0. The third-order valence-electron chi connectivity index (χ3n) is 0. The van der Waals surface area contributed by atoms with Crippen molar-refractivity contribution in [3.8, 4) is 0 Å². The molecule has 49 valence electrons. The molecule has 0 rings (SSSR count). The molecule has 0 saturated heterocycles. The Morgan fingerprint density at radius 3 is 1.12 bits per heavy atom. The minimum atomic E-state index is 0. The topological polar surface area (TPSA) is 0 Å². The van der Waals surface area contributed by atoms with E-state index >= 15 is 0 Å². The average molecular weight is 397 g/mol. The van der Waals surface area contributed by atoms with E-state index in [0.717, 1.165) is 0 Å². The third kappa shape index (κ3) is 47.4. The van der Waals surface area contributed by atoms with E-state index in [2.05, 4.69) is 19.7 Å². The van der Waals surface area contributed by atoms with Gasteiger partial charge in [-0.2, -0.15) is 0 Å². The van der Waals surface area contributed by atoms with Crippen molar-refractivity contribution in [2.75, 3.05) is 0 Å². The second-order valence-corrected chi connectivity index (χ2v) is 0. The molecule has 0 spiro atoms. The van der Waals surface area contributed by atoms with E-state index in [1.165, 1.54) is 8.11 Å². The fourth-order valence-corrected chi connectivity index (χ4v) is 0. The van der Waals surface area contributed by atoms with Crippen LogP contribution < -0.4 is 0 Å². The second kappa shape index (κ2) is 63.6. The van der Waals surface area contributed by atoms with Crippen LogP contribution >= 0.6 is 0 Å². The van der Waals surface area contributed by atoms with E-state index in [-0.39, 0.29) is 111 Å². The molecule has 0 atom stereocenters. The van der Waals surface area contributed by atoms with Crippen LogP contribution in [0, 0.1) is 0 Å². The summed E-state index contributed by atoms with van der Waals surface area (Å²) in [6, 6.07) is 0. The van der Waals surface area contributed by atoms with Gasteiger partial charge in [0.15, 0.2) is 0 Å². The van der Waals surface area contributed by atoms with Crippen molar-refractivity contribution in [3.05, 3.63) is 0 Å². The van der Waals surface area contributed by atoms with Gasteiger partial charge in [-0.3, -0.25) is 0 Å². The van der Waals surface area contributed by atoms with Gasteiger partial charge in [-0.25, -0.2) is 0 Å². The van der Waals surface area contributed by atoms with Crippen molar-refractivity contribution >= 4 is 31.2 Å². The molecule has 0 aliphatic carbocycles. The Morgan fingerprint density at radius 2 is 1.12 bits per heavy atom. The van der Waals surface area contributed by atoms with E-state index in [9.17, 15) is 0 Å². The van der Waals surface area contributed by atoms with Crippen molar-refractivity contribution in [1.29, 1.82) is 0 Å². The Labute approximate surface area is 136 Å². The van der Waals surface area contributed by atoms with E-state index in [0.29, 0.717) is 0 Å². The molecule has 0 amide bonds. The number of rotatable bonds is 0. The maximum atomic E-state index is 2.14. The van der Waals surface area contributed by atoms with Gasteiger partial charge in [0.25, 0.3) is 0 Å². The maximum absolute atomic E-state index is 2.14. The molecule has 0 aromatic rings. The molecule has 0 aliphatic heterocycles. The Hall–Kier alpha value is 4.41. The minimum Gasteiger partial charge on any atom is 0 e. The van der Waals surface area contributed by atoms with Crippen molar-refractivity contribution in [1.82, 2.24) is 0 Å². The van der Waals surface area contributed by atoms with E-state index in [1.54, 1.807) is 0 Å². The van der Waals surface area contributed by atoms with E-state index in [4.69, 9.17) is 0 Å². The first-order valence-corrected chi connectivity index (χ1v) is 6.18. The predicted octanol–water partition coefficient (Wildman–Crippen LogP) is -2.12. The standard InChI is InChI=1S/Cr.Cu.Fe.Mg.Mn.H3Si.Ti.Zn.2H/h;;;;;1H3;;;;. The van der Waals surface area contributed by atoms with Crippen molar-refractivity contribution in [2.45, 2.75) is 0 Å². The van der Waals surface area contributed by atoms with Gasteiger partial charge in [0.05, 0.1) is 0 Å². The average Bonchev–Trinajstić information content (AvgIpc) is 1.00. The fraction of sp³-hybridized carbons (Fsp3) is 0. The summed E-state index contributed by atoms with van der Waals surface area (Å²) in [6.45, 7) is 0. The molecular weight excluding hydrogens is 392 g/mol. The maximum Gasteiger partial charge on any atom is 0 e. The van der Waals surface area contributed by atoms with E-state index < -0.39 is 0 Å². The summed E-state index contributed by atoms with van der Waals surface area (Å²) >= 11 is 2.14. The molecule has 0 unspecified atom stereocenters. The Morgan fingerprint density at radius 1 is 1.12 bits per heavy atom. The van der Waals surface area contributed by atoms with Gasteiger partial charge >= 0.3 is 50.9 Å². The van der Waals surface area contributed by atoms with Gasteiger partial charge in [0.1, 0.15) is 0 Å². The van der Waals surface area contributed by atoms with Crippen molar-refractivity contribution in [2.24, 2.45) is 0 Å². The molecule has 0 heterocycles. The molecule has 0 nitrogen and oxygen atoms in total. The van der Waals surface area contributed by atoms with Gasteiger partial charge in [-0.05, 0) is 0 Å². The van der Waals surface area contributed by atoms with Crippen LogP contribution in [0.5, 0.6) is 0 Å². The molecule has 0 N–H and O–H groups in total. The van der Waals surface area contributed by atoms with Crippen LogP contribution in [0.4, 0.5) is 0 Å². The molecule has 0 fully saturated rings. The van der Waals surface area contributed by atoms with Crippen LogP contribution in [0.1, 0.15) is 0 Å². The Bertz CT molecular complexity index is 24.0. The SMILES string of the molecule is [Cr].[Cu].[Fe].[MgH2].[Mn].[SiH3][Ti].[Zn]. The Balaban J connectivity index is -0.000000000333. The monoisotopic (exact) mass is 395 g/mol. The molecule has 0 bridgehead atoms. The number of hydrogen-bond donors (Lipinski definition) is 0. The summed E-state index contributed by atoms with van der Waals surface area (Å²) < 4.78 is 0. The quantitative estimate of drug-likeness (QED) is 0.411. The van der Waals surface area contributed by atoms with Gasteiger partial charge in [0.2, 0.25) is 0 Å². The van der Waals surface area contributed by atoms with Crippen LogP contribution in [-0.2, 0) is 108 Å². The van der Waals surface area contributed by atoms with Crippen LogP contribution in [0.2, 0.25) is 0 Å². The first-order valence-electron chi connectivity index (χ1n) is 0.500. The van der Waals surface area contributed by atoms with Crippen molar-refractivity contribution < 1.29 is 108 Å². The fourth-order valence-electron chi connectivity index (χ4n) is 0. The molecular formula is H5CrCuFeMgMnSiTiZn. The largest absolute Gasteiger partial charge is 0 e. The zero-order valence-corrected chi connectivity index (χ0v) is 14.7. The summed E-state index contributed by atoms with van der Waals surface area (Å²) in [5, 5.41) is 0. The van der Waals surface area contributed by atoms with Gasteiger partial charge in [0, 0.05) is 88.0 Å².